The van der Waals surface area contributed by atoms with Gasteiger partial charge in [-0.05, 0) is 18.2 Å². The normalized spacial score (nSPS) is 10.9. The molecule has 7 heteroatoms. The maximum atomic E-state index is 11.7. The van der Waals surface area contributed by atoms with Gasteiger partial charge in [0.15, 0.2) is 0 Å². The highest BCUT2D eigenvalue weighted by Crippen LogP contribution is 2.14. The molecule has 0 saturated heterocycles. The van der Waals surface area contributed by atoms with Crippen molar-refractivity contribution in [3.8, 4) is 12.3 Å². The summed E-state index contributed by atoms with van der Waals surface area (Å²) in [4.78, 5) is 33.5. The number of rotatable bonds is 5. The maximum Gasteiger partial charge on any atom is 0.327 e. The first-order valence-corrected chi connectivity index (χ1v) is 6.04. The average molecular weight is 289 g/mol. The number of carboxylic acid groups (broad SMARTS) is 1. The van der Waals surface area contributed by atoms with Crippen LogP contribution in [-0.4, -0.2) is 29.1 Å². The highest BCUT2D eigenvalue weighted by Gasteiger charge is 2.18. The summed E-state index contributed by atoms with van der Waals surface area (Å²) in [5, 5.41) is 16.2. The summed E-state index contributed by atoms with van der Waals surface area (Å²) in [7, 11) is 0. The second kappa shape index (κ2) is 7.55. The molecule has 0 saturated carbocycles. The monoisotopic (exact) mass is 289 g/mol. The van der Waals surface area contributed by atoms with Crippen LogP contribution in [0.1, 0.15) is 13.3 Å². The van der Waals surface area contributed by atoms with E-state index in [2.05, 4.69) is 21.9 Å². The Balaban J connectivity index is 2.68. The van der Waals surface area contributed by atoms with E-state index in [0.29, 0.717) is 11.4 Å². The molecule has 21 heavy (non-hydrogen) atoms. The van der Waals surface area contributed by atoms with Crippen molar-refractivity contribution in [2.24, 2.45) is 0 Å². The van der Waals surface area contributed by atoms with Crippen LogP contribution in [0.3, 0.4) is 0 Å². The maximum absolute atomic E-state index is 11.7. The lowest BCUT2D eigenvalue weighted by molar-refractivity contribution is -0.139. The van der Waals surface area contributed by atoms with Gasteiger partial charge in [0.2, 0.25) is 5.91 Å². The van der Waals surface area contributed by atoms with Gasteiger partial charge in [0.25, 0.3) is 0 Å². The Morgan fingerprint density at radius 3 is 2.43 bits per heavy atom. The molecule has 0 aliphatic rings. The molecule has 4 N–H and O–H groups in total. The minimum atomic E-state index is -1.21. The zero-order valence-corrected chi connectivity index (χ0v) is 11.3. The topological polar surface area (TPSA) is 108 Å². The molecular weight excluding hydrogens is 274 g/mol. The molecule has 0 aliphatic carbocycles. The Labute approximate surface area is 121 Å². The van der Waals surface area contributed by atoms with Crippen LogP contribution in [0.15, 0.2) is 24.3 Å². The molecule has 3 amide bonds. The van der Waals surface area contributed by atoms with Gasteiger partial charge in [0.05, 0.1) is 0 Å². The third kappa shape index (κ3) is 5.65. The Bertz CT molecular complexity index is 592. The zero-order chi connectivity index (χ0) is 15.8. The van der Waals surface area contributed by atoms with Gasteiger partial charge in [0.1, 0.15) is 6.04 Å². The SMILES string of the molecule is C#CCC(NC(=O)Nc1cccc(NC(C)=O)c1)C(=O)O. The molecule has 7 nitrogen and oxygen atoms in total. The summed E-state index contributed by atoms with van der Waals surface area (Å²) in [6, 6.07) is 4.57. The van der Waals surface area contributed by atoms with Gasteiger partial charge in [0, 0.05) is 24.7 Å². The van der Waals surface area contributed by atoms with Gasteiger partial charge in [-0.25, -0.2) is 9.59 Å². The zero-order valence-electron chi connectivity index (χ0n) is 11.3. The number of hydrogen-bond acceptors (Lipinski definition) is 3. The van der Waals surface area contributed by atoms with Crippen molar-refractivity contribution in [3.05, 3.63) is 24.3 Å². The van der Waals surface area contributed by atoms with E-state index in [4.69, 9.17) is 11.5 Å². The first-order valence-electron chi connectivity index (χ1n) is 6.04. The summed E-state index contributed by atoms with van der Waals surface area (Å²) in [5.41, 5.74) is 0.919. The van der Waals surface area contributed by atoms with Crippen LogP contribution in [-0.2, 0) is 9.59 Å². The molecule has 0 fully saturated rings. The number of amides is 3. The van der Waals surface area contributed by atoms with Crippen molar-refractivity contribution in [1.82, 2.24) is 5.32 Å². The summed E-state index contributed by atoms with van der Waals surface area (Å²) in [6.07, 6.45) is 4.92. The number of hydrogen-bond donors (Lipinski definition) is 4. The molecule has 1 aromatic rings. The van der Waals surface area contributed by atoms with E-state index in [1.807, 2.05) is 0 Å². The Kier molecular flexibility index (Phi) is 5.77. The van der Waals surface area contributed by atoms with Gasteiger partial charge in [-0.1, -0.05) is 6.07 Å². The van der Waals surface area contributed by atoms with Gasteiger partial charge in [-0.3, -0.25) is 4.79 Å². The van der Waals surface area contributed by atoms with Crippen LogP contribution in [0, 0.1) is 12.3 Å². The summed E-state index contributed by atoms with van der Waals surface area (Å²) in [5.74, 6) is 0.726. The highest BCUT2D eigenvalue weighted by atomic mass is 16.4. The molecule has 1 aromatic carbocycles. The van der Waals surface area contributed by atoms with Crippen molar-refractivity contribution in [3.63, 3.8) is 0 Å². The van der Waals surface area contributed by atoms with Crippen LogP contribution < -0.4 is 16.0 Å². The van der Waals surface area contributed by atoms with Crippen LogP contribution in [0.2, 0.25) is 0 Å². The van der Waals surface area contributed by atoms with Crippen LogP contribution in [0.4, 0.5) is 16.2 Å². The molecule has 0 aliphatic heterocycles. The number of nitrogens with one attached hydrogen (secondary N) is 3. The van der Waals surface area contributed by atoms with Crippen molar-refractivity contribution in [2.45, 2.75) is 19.4 Å². The Morgan fingerprint density at radius 1 is 1.29 bits per heavy atom. The van der Waals surface area contributed by atoms with E-state index < -0.39 is 18.0 Å². The van der Waals surface area contributed by atoms with Gasteiger partial charge >= 0.3 is 12.0 Å². The Morgan fingerprint density at radius 2 is 1.90 bits per heavy atom. The van der Waals surface area contributed by atoms with Gasteiger partial charge < -0.3 is 21.1 Å². The number of anilines is 2. The quantitative estimate of drug-likeness (QED) is 0.612. The van der Waals surface area contributed by atoms with Gasteiger partial charge in [-0.15, -0.1) is 12.3 Å². The number of aliphatic carboxylic acids is 1. The second-order valence-electron chi connectivity index (χ2n) is 4.16. The molecular formula is C14H15N3O4. The van der Waals surface area contributed by atoms with Gasteiger partial charge in [-0.2, -0.15) is 0 Å². The number of carbonyl (C=O) groups is 3. The average Bonchev–Trinajstić information content (AvgIpc) is 2.37. The third-order valence-electron chi connectivity index (χ3n) is 2.37. The van der Waals surface area contributed by atoms with Crippen molar-refractivity contribution >= 4 is 29.3 Å². The molecule has 0 bridgehead atoms. The number of carbonyl (C=O) groups excluding carboxylic acids is 2. The van der Waals surface area contributed by atoms with Crippen molar-refractivity contribution in [1.29, 1.82) is 0 Å². The second-order valence-corrected chi connectivity index (χ2v) is 4.16. The lowest BCUT2D eigenvalue weighted by Crippen LogP contribution is -2.42. The largest absolute Gasteiger partial charge is 0.480 e. The van der Waals surface area contributed by atoms with Crippen molar-refractivity contribution in [2.75, 3.05) is 10.6 Å². The first kappa shape index (κ1) is 16.0. The highest BCUT2D eigenvalue weighted by molar-refractivity contribution is 5.94. The number of terminal acetylenes is 1. The number of carboxylic acids is 1. The number of urea groups is 1. The van der Waals surface area contributed by atoms with Crippen LogP contribution in [0.5, 0.6) is 0 Å². The van der Waals surface area contributed by atoms with Crippen LogP contribution >= 0.6 is 0 Å². The molecule has 0 heterocycles. The molecule has 0 aromatic heterocycles. The van der Waals surface area contributed by atoms with E-state index in [9.17, 15) is 14.4 Å². The molecule has 1 unspecified atom stereocenters. The molecule has 0 spiro atoms. The summed E-state index contributed by atoms with van der Waals surface area (Å²) >= 11 is 0. The van der Waals surface area contributed by atoms with E-state index in [-0.39, 0.29) is 12.3 Å². The Hall–Kier alpha value is -3.01. The summed E-state index contributed by atoms with van der Waals surface area (Å²) < 4.78 is 0. The fraction of sp³-hybridized carbons (Fsp3) is 0.214. The molecule has 0 radical (unpaired) electrons. The van der Waals surface area contributed by atoms with E-state index in [1.165, 1.54) is 13.0 Å². The van der Waals surface area contributed by atoms with E-state index in [1.54, 1.807) is 18.2 Å². The lowest BCUT2D eigenvalue weighted by Gasteiger charge is -2.13. The van der Waals surface area contributed by atoms with Crippen LogP contribution in [0.25, 0.3) is 0 Å². The fourth-order valence-corrected chi connectivity index (χ4v) is 1.52. The summed E-state index contributed by atoms with van der Waals surface area (Å²) in [6.45, 7) is 1.37. The van der Waals surface area contributed by atoms with E-state index >= 15 is 0 Å². The predicted octanol–water partition coefficient (Wildman–Crippen LogP) is 1.24. The smallest absolute Gasteiger partial charge is 0.327 e. The fourth-order valence-electron chi connectivity index (χ4n) is 1.52. The first-order chi connectivity index (χ1) is 9.92. The molecule has 1 rings (SSSR count). The molecule has 1 atom stereocenters. The lowest BCUT2D eigenvalue weighted by atomic mass is 10.2. The molecule has 110 valence electrons. The minimum Gasteiger partial charge on any atom is -0.480 e. The third-order valence-corrected chi connectivity index (χ3v) is 2.37. The minimum absolute atomic E-state index is 0.116. The van der Waals surface area contributed by atoms with E-state index in [0.717, 1.165) is 0 Å². The van der Waals surface area contributed by atoms with Crippen molar-refractivity contribution < 1.29 is 19.5 Å². The predicted molar refractivity (Wildman–Crippen MR) is 77.8 cm³/mol. The standard InChI is InChI=1S/C14H15N3O4/c1-3-5-12(13(19)20)17-14(21)16-11-7-4-6-10(8-11)15-9(2)18/h1,4,6-8,12H,5H2,2H3,(H,15,18)(H,19,20)(H2,16,17,21). The number of benzene rings is 1.